The van der Waals surface area contributed by atoms with Gasteiger partial charge < -0.3 is 0 Å². The molecule has 1 aliphatic carbocycles. The van der Waals surface area contributed by atoms with E-state index in [9.17, 15) is 9.59 Å². The fourth-order valence-electron chi connectivity index (χ4n) is 2.93. The van der Waals surface area contributed by atoms with Crippen LogP contribution in [0.15, 0.2) is 48.5 Å². The van der Waals surface area contributed by atoms with Crippen LogP contribution in [0.1, 0.15) is 31.8 Å². The highest BCUT2D eigenvalue weighted by Gasteiger charge is 2.34. The van der Waals surface area contributed by atoms with Gasteiger partial charge in [-0.15, -0.1) is 0 Å². The number of fused-ring (bicyclic) bond motifs is 3. The van der Waals surface area contributed by atoms with Crippen molar-refractivity contribution in [3.05, 3.63) is 80.8 Å². The van der Waals surface area contributed by atoms with Crippen molar-refractivity contribution in [1.29, 1.82) is 0 Å². The lowest BCUT2D eigenvalue weighted by Gasteiger charge is -2.21. The first kappa shape index (κ1) is 13.5. The molecule has 0 aliphatic heterocycles. The summed E-state index contributed by atoms with van der Waals surface area (Å²) in [5.74, 6) is -0.522. The lowest BCUT2D eigenvalue weighted by molar-refractivity contribution is 0.0979. The van der Waals surface area contributed by atoms with Gasteiger partial charge in [-0.3, -0.25) is 9.59 Å². The van der Waals surface area contributed by atoms with Crippen LogP contribution in [-0.4, -0.2) is 11.6 Å². The van der Waals surface area contributed by atoms with Crippen LogP contribution in [0.4, 0.5) is 0 Å². The van der Waals surface area contributed by atoms with Crippen molar-refractivity contribution in [2.45, 2.75) is 0 Å². The van der Waals surface area contributed by atoms with Gasteiger partial charge in [-0.25, -0.2) is 0 Å². The van der Waals surface area contributed by atoms with Crippen LogP contribution in [0.3, 0.4) is 0 Å². The molecule has 0 aromatic heterocycles. The largest absolute Gasteiger partial charge is 0.289 e. The number of rotatable bonds is 0. The Labute approximate surface area is 136 Å². The minimum atomic E-state index is -0.261. The summed E-state index contributed by atoms with van der Waals surface area (Å²) >= 11 is 12.9. The molecular formula is C18H8Cl2O2. The number of ketones is 2. The average molecular weight is 327 g/mol. The molecule has 0 N–H and O–H groups in total. The molecule has 0 radical (unpaired) electrons. The molecule has 0 unspecified atom stereocenters. The van der Waals surface area contributed by atoms with Crippen LogP contribution >= 0.6 is 23.2 Å². The molecule has 3 aromatic rings. The third kappa shape index (κ3) is 1.62. The van der Waals surface area contributed by atoms with Gasteiger partial charge in [-0.05, 0) is 0 Å². The van der Waals surface area contributed by atoms with E-state index in [1.807, 2.05) is 12.1 Å². The molecule has 1 aliphatic rings. The summed E-state index contributed by atoms with van der Waals surface area (Å²) in [4.78, 5) is 25.5. The maximum absolute atomic E-state index is 12.8. The summed E-state index contributed by atoms with van der Waals surface area (Å²) in [7, 11) is 0. The minimum absolute atomic E-state index is 0.203. The Morgan fingerprint density at radius 3 is 1.36 bits per heavy atom. The minimum Gasteiger partial charge on any atom is -0.289 e. The quantitative estimate of drug-likeness (QED) is 0.459. The molecule has 106 valence electrons. The van der Waals surface area contributed by atoms with Crippen LogP contribution in [-0.2, 0) is 0 Å². The summed E-state index contributed by atoms with van der Waals surface area (Å²) < 4.78 is 0. The molecule has 0 heterocycles. The van der Waals surface area contributed by atoms with Crippen molar-refractivity contribution < 1.29 is 9.59 Å². The van der Waals surface area contributed by atoms with Crippen LogP contribution in [0.25, 0.3) is 10.8 Å². The number of halogens is 2. The molecule has 0 atom stereocenters. The number of hydrogen-bond acceptors (Lipinski definition) is 2. The van der Waals surface area contributed by atoms with E-state index in [4.69, 9.17) is 23.2 Å². The summed E-state index contributed by atoms with van der Waals surface area (Å²) in [6, 6.07) is 14.0. The normalized spacial score (nSPS) is 13.2. The average Bonchev–Trinajstić information content (AvgIpc) is 2.56. The highest BCUT2D eigenvalue weighted by Crippen LogP contribution is 2.41. The smallest absolute Gasteiger partial charge is 0.196 e. The highest BCUT2D eigenvalue weighted by molar-refractivity contribution is 6.48. The molecule has 3 aromatic carbocycles. The zero-order valence-corrected chi connectivity index (χ0v) is 12.7. The Morgan fingerprint density at radius 2 is 0.955 bits per heavy atom. The molecule has 22 heavy (non-hydrogen) atoms. The van der Waals surface area contributed by atoms with E-state index in [-0.39, 0.29) is 32.7 Å². The fraction of sp³-hybridized carbons (Fsp3) is 0. The van der Waals surface area contributed by atoms with Gasteiger partial charge in [0.1, 0.15) is 0 Å². The predicted molar refractivity (Wildman–Crippen MR) is 87.3 cm³/mol. The number of hydrogen-bond donors (Lipinski definition) is 0. The van der Waals surface area contributed by atoms with E-state index in [0.29, 0.717) is 21.9 Å². The number of benzene rings is 3. The first-order valence-electron chi connectivity index (χ1n) is 6.69. The van der Waals surface area contributed by atoms with Gasteiger partial charge in [-0.1, -0.05) is 71.7 Å². The van der Waals surface area contributed by atoms with Crippen molar-refractivity contribution in [3.8, 4) is 0 Å². The van der Waals surface area contributed by atoms with Crippen molar-refractivity contribution in [2.24, 2.45) is 0 Å². The number of carbonyl (C=O) groups excluding carboxylic acids is 2. The molecule has 0 bridgehead atoms. The van der Waals surface area contributed by atoms with Crippen LogP contribution in [0, 0.1) is 0 Å². The van der Waals surface area contributed by atoms with Gasteiger partial charge in [0.15, 0.2) is 11.6 Å². The second kappa shape index (κ2) is 4.67. The molecule has 0 saturated heterocycles. The predicted octanol–water partition coefficient (Wildman–Crippen LogP) is 4.92. The van der Waals surface area contributed by atoms with E-state index < -0.39 is 0 Å². The van der Waals surface area contributed by atoms with Crippen LogP contribution in [0.2, 0.25) is 10.0 Å². The Kier molecular flexibility index (Phi) is 2.86. The zero-order chi connectivity index (χ0) is 15.4. The molecule has 4 rings (SSSR count). The van der Waals surface area contributed by atoms with Crippen molar-refractivity contribution >= 4 is 45.5 Å². The molecule has 4 heteroatoms. The molecule has 0 saturated carbocycles. The summed E-state index contributed by atoms with van der Waals surface area (Å²) in [5.41, 5.74) is 1.14. The molecule has 0 fully saturated rings. The summed E-state index contributed by atoms with van der Waals surface area (Å²) in [6.07, 6.45) is 0. The topological polar surface area (TPSA) is 34.1 Å². The maximum Gasteiger partial charge on any atom is 0.196 e. The highest BCUT2D eigenvalue weighted by atomic mass is 35.5. The molecular weight excluding hydrogens is 319 g/mol. The Hall–Kier alpha value is -2.16. The van der Waals surface area contributed by atoms with Gasteiger partial charge in [-0.2, -0.15) is 0 Å². The summed E-state index contributed by atoms with van der Waals surface area (Å²) in [6.45, 7) is 0. The van der Waals surface area contributed by atoms with Crippen LogP contribution < -0.4 is 0 Å². The lowest BCUT2D eigenvalue weighted by atomic mass is 9.82. The second-order valence-electron chi connectivity index (χ2n) is 5.13. The van der Waals surface area contributed by atoms with E-state index in [2.05, 4.69) is 0 Å². The Bertz CT molecular complexity index is 910. The first-order chi connectivity index (χ1) is 10.6. The molecule has 0 amide bonds. The van der Waals surface area contributed by atoms with E-state index in [1.165, 1.54) is 0 Å². The van der Waals surface area contributed by atoms with Crippen molar-refractivity contribution in [3.63, 3.8) is 0 Å². The van der Waals surface area contributed by atoms with Crippen molar-refractivity contribution in [2.75, 3.05) is 0 Å². The zero-order valence-electron chi connectivity index (χ0n) is 11.2. The molecule has 0 spiro atoms. The second-order valence-corrected chi connectivity index (χ2v) is 5.88. The third-order valence-corrected chi connectivity index (χ3v) is 4.74. The molecule has 2 nitrogen and oxygen atoms in total. The monoisotopic (exact) mass is 326 g/mol. The maximum atomic E-state index is 12.8. The Balaban J connectivity index is 2.19. The van der Waals surface area contributed by atoms with E-state index in [1.54, 1.807) is 36.4 Å². The SMILES string of the molecule is O=C1c2ccccc2C(=O)c2c1c(Cl)c1ccccc1c2Cl. The van der Waals surface area contributed by atoms with E-state index >= 15 is 0 Å². The van der Waals surface area contributed by atoms with Gasteiger partial charge >= 0.3 is 0 Å². The van der Waals surface area contributed by atoms with E-state index in [0.717, 1.165) is 0 Å². The number of carbonyl (C=O) groups is 2. The van der Waals surface area contributed by atoms with Gasteiger partial charge in [0.2, 0.25) is 0 Å². The first-order valence-corrected chi connectivity index (χ1v) is 7.45. The van der Waals surface area contributed by atoms with Crippen LogP contribution in [0.5, 0.6) is 0 Å². The van der Waals surface area contributed by atoms with Gasteiger partial charge in [0.25, 0.3) is 0 Å². The third-order valence-electron chi connectivity index (χ3n) is 3.96. The fourth-order valence-corrected chi connectivity index (χ4v) is 3.62. The summed E-state index contributed by atoms with van der Waals surface area (Å²) in [5, 5.41) is 1.91. The lowest BCUT2D eigenvalue weighted by Crippen LogP contribution is -2.22. The van der Waals surface area contributed by atoms with Gasteiger partial charge in [0, 0.05) is 21.9 Å². The van der Waals surface area contributed by atoms with Gasteiger partial charge in [0.05, 0.1) is 21.2 Å². The van der Waals surface area contributed by atoms with Crippen molar-refractivity contribution in [1.82, 2.24) is 0 Å². The Morgan fingerprint density at radius 1 is 0.591 bits per heavy atom. The standard InChI is InChI=1S/C18H8Cl2O2/c19-15-9-5-1-2-6-10(9)16(20)14-13(15)17(21)11-7-3-4-8-12(11)18(14)22/h1-8H.